The van der Waals surface area contributed by atoms with Gasteiger partial charge in [-0.2, -0.15) is 17.6 Å². The molecule has 0 N–H and O–H groups in total. The van der Waals surface area contributed by atoms with Crippen molar-refractivity contribution >= 4 is 0 Å². The third kappa shape index (κ3) is 6.60. The van der Waals surface area contributed by atoms with E-state index in [2.05, 4.69) is 23.8 Å². The third-order valence-electron chi connectivity index (χ3n) is 8.33. The number of rotatable bonds is 10. The van der Waals surface area contributed by atoms with Gasteiger partial charge in [0, 0.05) is 0 Å². The van der Waals surface area contributed by atoms with Gasteiger partial charge < -0.3 is 4.74 Å². The zero-order valence-corrected chi connectivity index (χ0v) is 21.0. The number of unbranched alkanes of at least 4 members (excludes halogenated alkanes) is 3. The van der Waals surface area contributed by atoms with Crippen molar-refractivity contribution in [1.82, 2.24) is 0 Å². The Bertz CT molecular complexity index is 974. The summed E-state index contributed by atoms with van der Waals surface area (Å²) >= 11 is 0. The smallest absolute Gasteiger partial charge is 0.425 e. The zero-order valence-electron chi connectivity index (χ0n) is 21.0. The van der Waals surface area contributed by atoms with Crippen LogP contribution in [0.4, 0.5) is 22.0 Å². The lowest BCUT2D eigenvalue weighted by Crippen LogP contribution is -2.33. The molecule has 0 radical (unpaired) electrons. The first-order valence-electron chi connectivity index (χ1n) is 13.5. The van der Waals surface area contributed by atoms with Gasteiger partial charge in [-0.05, 0) is 84.6 Å². The summed E-state index contributed by atoms with van der Waals surface area (Å²) in [6.07, 6.45) is 5.85. The number of alkyl halides is 4. The van der Waals surface area contributed by atoms with Crippen LogP contribution in [0.3, 0.4) is 0 Å². The van der Waals surface area contributed by atoms with E-state index in [-0.39, 0.29) is 0 Å². The molecule has 0 spiro atoms. The van der Waals surface area contributed by atoms with Crippen LogP contribution < -0.4 is 4.74 Å². The molecule has 198 valence electrons. The molecule has 2 aromatic rings. The molecule has 2 fully saturated rings. The maximum Gasteiger partial charge on any atom is 0.461 e. The van der Waals surface area contributed by atoms with Crippen LogP contribution >= 0.6 is 0 Å². The molecule has 6 heteroatoms. The SMILES string of the molecule is CCCCCCC1CCC2CC(c3ccc(-c4ccc(OC(F)(F)C(F)F)c(F)c4)cc3)CCC2C1. The van der Waals surface area contributed by atoms with E-state index < -0.39 is 24.1 Å². The molecular formula is C30H37F5O. The number of benzene rings is 2. The Morgan fingerprint density at radius 1 is 0.861 bits per heavy atom. The Morgan fingerprint density at radius 3 is 2.25 bits per heavy atom. The fourth-order valence-electron chi connectivity index (χ4n) is 6.31. The summed E-state index contributed by atoms with van der Waals surface area (Å²) in [6, 6.07) is 11.4. The summed E-state index contributed by atoms with van der Waals surface area (Å²) in [5.74, 6) is 1.13. The summed E-state index contributed by atoms with van der Waals surface area (Å²) in [6.45, 7) is 2.26. The van der Waals surface area contributed by atoms with Gasteiger partial charge in [0.1, 0.15) is 0 Å². The van der Waals surface area contributed by atoms with Gasteiger partial charge in [-0.25, -0.2) is 4.39 Å². The molecule has 2 saturated carbocycles. The van der Waals surface area contributed by atoms with E-state index in [0.717, 1.165) is 35.4 Å². The lowest BCUT2D eigenvalue weighted by molar-refractivity contribution is -0.254. The van der Waals surface area contributed by atoms with Crippen LogP contribution in [0.2, 0.25) is 0 Å². The minimum absolute atomic E-state index is 0.479. The quantitative estimate of drug-likeness (QED) is 0.229. The Kier molecular flexibility index (Phi) is 8.95. The molecule has 0 bridgehead atoms. The van der Waals surface area contributed by atoms with E-state index >= 15 is 0 Å². The van der Waals surface area contributed by atoms with Crippen molar-refractivity contribution in [3.8, 4) is 16.9 Å². The van der Waals surface area contributed by atoms with Gasteiger partial charge >= 0.3 is 12.5 Å². The predicted octanol–water partition coefficient (Wildman–Crippen LogP) is 10.00. The van der Waals surface area contributed by atoms with Crippen molar-refractivity contribution in [2.24, 2.45) is 17.8 Å². The molecule has 0 aromatic heterocycles. The maximum absolute atomic E-state index is 14.3. The fraction of sp³-hybridized carbons (Fsp3) is 0.600. The lowest BCUT2D eigenvalue weighted by Gasteiger charge is -2.42. The Morgan fingerprint density at radius 2 is 1.56 bits per heavy atom. The molecule has 36 heavy (non-hydrogen) atoms. The molecule has 4 unspecified atom stereocenters. The van der Waals surface area contributed by atoms with Crippen LogP contribution in [0.15, 0.2) is 42.5 Å². The van der Waals surface area contributed by atoms with Crippen LogP contribution in [0.5, 0.6) is 5.75 Å². The maximum atomic E-state index is 14.3. The topological polar surface area (TPSA) is 9.23 Å². The van der Waals surface area contributed by atoms with Crippen molar-refractivity contribution in [3.05, 3.63) is 53.8 Å². The van der Waals surface area contributed by atoms with Gasteiger partial charge in [0.25, 0.3) is 0 Å². The third-order valence-corrected chi connectivity index (χ3v) is 8.33. The second-order valence-electron chi connectivity index (χ2n) is 10.8. The van der Waals surface area contributed by atoms with Gasteiger partial charge in [-0.3, -0.25) is 0 Å². The van der Waals surface area contributed by atoms with Gasteiger partial charge in [0.15, 0.2) is 11.6 Å². The molecule has 0 heterocycles. The Hall–Kier alpha value is -2.11. The molecule has 2 aliphatic carbocycles. The number of hydrogen-bond donors (Lipinski definition) is 0. The molecule has 4 atom stereocenters. The molecular weight excluding hydrogens is 471 g/mol. The van der Waals surface area contributed by atoms with Crippen molar-refractivity contribution in [3.63, 3.8) is 0 Å². The number of hydrogen-bond acceptors (Lipinski definition) is 1. The largest absolute Gasteiger partial charge is 0.461 e. The van der Waals surface area contributed by atoms with E-state index in [1.165, 1.54) is 82.3 Å². The molecule has 1 nitrogen and oxygen atoms in total. The summed E-state index contributed by atoms with van der Waals surface area (Å²) in [4.78, 5) is 0. The van der Waals surface area contributed by atoms with Crippen LogP contribution in [0.25, 0.3) is 11.1 Å². The second-order valence-corrected chi connectivity index (χ2v) is 10.8. The number of ether oxygens (including phenoxy) is 1. The number of fused-ring (bicyclic) bond motifs is 1. The molecule has 0 saturated heterocycles. The van der Waals surface area contributed by atoms with Gasteiger partial charge in [0.05, 0.1) is 0 Å². The van der Waals surface area contributed by atoms with Crippen molar-refractivity contribution < 1.29 is 26.7 Å². The van der Waals surface area contributed by atoms with Crippen LogP contribution in [-0.2, 0) is 0 Å². The van der Waals surface area contributed by atoms with E-state index in [0.29, 0.717) is 11.5 Å². The van der Waals surface area contributed by atoms with Crippen molar-refractivity contribution in [2.75, 3.05) is 0 Å². The van der Waals surface area contributed by atoms with E-state index in [1.54, 1.807) is 0 Å². The molecule has 2 aromatic carbocycles. The highest BCUT2D eigenvalue weighted by Gasteiger charge is 2.44. The summed E-state index contributed by atoms with van der Waals surface area (Å²) in [5, 5.41) is 0. The highest BCUT2D eigenvalue weighted by Crippen LogP contribution is 2.48. The number of halogens is 5. The summed E-state index contributed by atoms with van der Waals surface area (Å²) < 4.78 is 69.1. The normalized spacial score (nSPS) is 24.5. The summed E-state index contributed by atoms with van der Waals surface area (Å²) in [5.41, 5.74) is 2.51. The monoisotopic (exact) mass is 508 g/mol. The van der Waals surface area contributed by atoms with Crippen molar-refractivity contribution in [2.45, 2.75) is 96.0 Å². The minimum Gasteiger partial charge on any atom is -0.425 e. The Balaban J connectivity index is 1.33. The van der Waals surface area contributed by atoms with E-state index in [4.69, 9.17) is 0 Å². The zero-order chi connectivity index (χ0) is 25.7. The average molecular weight is 509 g/mol. The molecule has 4 rings (SSSR count). The molecule has 0 aliphatic heterocycles. The predicted molar refractivity (Wildman–Crippen MR) is 133 cm³/mol. The van der Waals surface area contributed by atoms with Crippen LogP contribution in [0.1, 0.15) is 89.0 Å². The fourth-order valence-corrected chi connectivity index (χ4v) is 6.31. The first kappa shape index (κ1) is 26.9. The Labute approximate surface area is 211 Å². The highest BCUT2D eigenvalue weighted by atomic mass is 19.3. The van der Waals surface area contributed by atoms with Gasteiger partial charge in [-0.15, -0.1) is 0 Å². The lowest BCUT2D eigenvalue weighted by atomic mass is 9.63. The standard InChI is InChI=1S/C30H37F5O/c1-2-3-4-5-6-20-7-8-25-18-24(14-13-23(25)17-20)21-9-11-22(12-10-21)26-15-16-28(27(31)19-26)36-30(34,35)29(32)33/h9-12,15-16,19-20,23-25,29H,2-8,13-14,17-18H2,1H3. The van der Waals surface area contributed by atoms with Gasteiger partial charge in [0.2, 0.25) is 0 Å². The summed E-state index contributed by atoms with van der Waals surface area (Å²) in [7, 11) is 0. The van der Waals surface area contributed by atoms with Crippen LogP contribution in [0, 0.1) is 23.6 Å². The average Bonchev–Trinajstić information content (AvgIpc) is 2.87. The van der Waals surface area contributed by atoms with Crippen molar-refractivity contribution in [1.29, 1.82) is 0 Å². The van der Waals surface area contributed by atoms with E-state index in [9.17, 15) is 22.0 Å². The first-order chi connectivity index (χ1) is 17.3. The second kappa shape index (κ2) is 12.0. The van der Waals surface area contributed by atoms with E-state index in [1.807, 2.05) is 12.1 Å². The van der Waals surface area contributed by atoms with Gasteiger partial charge in [-0.1, -0.05) is 75.8 Å². The molecule has 2 aliphatic rings. The minimum atomic E-state index is -4.74. The first-order valence-corrected chi connectivity index (χ1v) is 13.5. The van der Waals surface area contributed by atoms with Crippen LogP contribution in [-0.4, -0.2) is 12.5 Å². The highest BCUT2D eigenvalue weighted by molar-refractivity contribution is 5.64. The molecule has 0 amide bonds.